The van der Waals surface area contributed by atoms with Gasteiger partial charge in [0, 0.05) is 25.6 Å². The molecule has 126 valence electrons. The number of aromatic nitrogens is 4. The first-order valence-electron chi connectivity index (χ1n) is 8.26. The van der Waals surface area contributed by atoms with Crippen molar-refractivity contribution >= 4 is 5.82 Å². The van der Waals surface area contributed by atoms with Crippen LogP contribution >= 0.6 is 0 Å². The molecule has 1 saturated heterocycles. The summed E-state index contributed by atoms with van der Waals surface area (Å²) in [4.78, 5) is 28.3. The Morgan fingerprint density at radius 1 is 1.21 bits per heavy atom. The molecule has 7 nitrogen and oxygen atoms in total. The molecule has 0 spiro atoms. The van der Waals surface area contributed by atoms with Crippen molar-refractivity contribution in [2.75, 3.05) is 18.1 Å². The highest BCUT2D eigenvalue weighted by molar-refractivity contribution is 5.46. The molecule has 0 unspecified atom stereocenters. The lowest BCUT2D eigenvalue weighted by Gasteiger charge is -2.18. The average molecular weight is 327 g/mol. The van der Waals surface area contributed by atoms with E-state index in [-0.39, 0.29) is 5.56 Å². The number of anilines is 1. The van der Waals surface area contributed by atoms with E-state index in [1.807, 2.05) is 19.9 Å². The molecule has 0 saturated carbocycles. The topological polar surface area (TPSA) is 73.1 Å². The van der Waals surface area contributed by atoms with Gasteiger partial charge in [-0.25, -0.2) is 15.0 Å². The molecule has 1 fully saturated rings. The summed E-state index contributed by atoms with van der Waals surface area (Å²) in [5.74, 6) is 2.69. The molecule has 2 aliphatic heterocycles. The summed E-state index contributed by atoms with van der Waals surface area (Å²) < 4.78 is 7.09. The summed E-state index contributed by atoms with van der Waals surface area (Å²) in [5, 5.41) is 0. The lowest BCUT2D eigenvalue weighted by Crippen LogP contribution is -2.25. The molecule has 2 aliphatic rings. The Morgan fingerprint density at radius 2 is 2.04 bits per heavy atom. The molecule has 2 aromatic rings. The third kappa shape index (κ3) is 2.49. The second-order valence-corrected chi connectivity index (χ2v) is 6.56. The molecule has 7 heteroatoms. The maximum atomic E-state index is 12.4. The van der Waals surface area contributed by atoms with Crippen molar-refractivity contribution in [1.29, 1.82) is 0 Å². The number of hydrogen-bond acceptors (Lipinski definition) is 6. The van der Waals surface area contributed by atoms with Gasteiger partial charge in [0.1, 0.15) is 17.5 Å². The lowest BCUT2D eigenvalue weighted by atomic mass is 10.0. The number of fused-ring (bicyclic) bond motifs is 1. The summed E-state index contributed by atoms with van der Waals surface area (Å²) in [6.07, 6.45) is 0.997. The van der Waals surface area contributed by atoms with Crippen molar-refractivity contribution in [1.82, 2.24) is 19.5 Å². The Labute approximate surface area is 140 Å². The maximum absolute atomic E-state index is 12.4. The molecule has 4 heterocycles. The van der Waals surface area contributed by atoms with E-state index in [1.54, 1.807) is 11.6 Å². The van der Waals surface area contributed by atoms with Gasteiger partial charge in [-0.3, -0.25) is 9.36 Å². The van der Waals surface area contributed by atoms with Gasteiger partial charge in [-0.15, -0.1) is 0 Å². The van der Waals surface area contributed by atoms with Crippen molar-refractivity contribution in [2.24, 2.45) is 7.05 Å². The quantitative estimate of drug-likeness (QED) is 0.825. The summed E-state index contributed by atoms with van der Waals surface area (Å²) in [6, 6.07) is 2.04. The fraction of sp³-hybridized carbons (Fsp3) is 0.529. The predicted octanol–water partition coefficient (Wildman–Crippen LogP) is 1.21. The van der Waals surface area contributed by atoms with E-state index in [0.717, 1.165) is 54.1 Å². The third-order valence-corrected chi connectivity index (χ3v) is 4.90. The van der Waals surface area contributed by atoms with E-state index in [9.17, 15) is 4.79 Å². The predicted molar refractivity (Wildman–Crippen MR) is 89.0 cm³/mol. The van der Waals surface area contributed by atoms with Gasteiger partial charge in [-0.1, -0.05) is 0 Å². The lowest BCUT2D eigenvalue weighted by molar-refractivity contribution is 0.193. The second kappa shape index (κ2) is 5.66. The van der Waals surface area contributed by atoms with Crippen LogP contribution in [0, 0.1) is 13.8 Å². The molecular formula is C17H21N5O2. The zero-order valence-corrected chi connectivity index (χ0v) is 14.2. The fourth-order valence-electron chi connectivity index (χ4n) is 3.40. The van der Waals surface area contributed by atoms with Crippen LogP contribution in [0.3, 0.4) is 0 Å². The van der Waals surface area contributed by atoms with Gasteiger partial charge in [0.05, 0.1) is 36.6 Å². The van der Waals surface area contributed by atoms with Crippen molar-refractivity contribution in [3.05, 3.63) is 45.0 Å². The largest absolute Gasteiger partial charge is 0.381 e. The van der Waals surface area contributed by atoms with Gasteiger partial charge in [0.15, 0.2) is 0 Å². The van der Waals surface area contributed by atoms with Crippen LogP contribution in [0.2, 0.25) is 0 Å². The van der Waals surface area contributed by atoms with E-state index < -0.39 is 0 Å². The molecule has 4 rings (SSSR count). The Balaban J connectivity index is 1.68. The summed E-state index contributed by atoms with van der Waals surface area (Å²) in [5.41, 5.74) is 2.70. The number of ether oxygens (including phenoxy) is 1. The summed E-state index contributed by atoms with van der Waals surface area (Å²) >= 11 is 0. The van der Waals surface area contributed by atoms with Crippen molar-refractivity contribution in [3.8, 4) is 0 Å². The Hall–Kier alpha value is -2.28. The minimum Gasteiger partial charge on any atom is -0.381 e. The highest BCUT2D eigenvalue weighted by atomic mass is 16.5. The Kier molecular flexibility index (Phi) is 3.60. The second-order valence-electron chi connectivity index (χ2n) is 6.56. The van der Waals surface area contributed by atoms with Crippen LogP contribution in [0.1, 0.15) is 40.9 Å². The van der Waals surface area contributed by atoms with Gasteiger partial charge in [0.2, 0.25) is 0 Å². The highest BCUT2D eigenvalue weighted by Gasteiger charge is 2.27. The standard InChI is InChI=1S/C17H21N5O2/c1-10-18-14(12-4-5-24-9-12)6-16(19-10)22-7-13-15(8-22)20-11(2)21(3)17(13)23/h6,12H,4-5,7-9H2,1-3H3/t12-/m0/s1. The minimum absolute atomic E-state index is 0.0372. The molecule has 1 atom stereocenters. The van der Waals surface area contributed by atoms with E-state index in [4.69, 9.17) is 4.74 Å². The average Bonchev–Trinajstić information content (AvgIpc) is 3.21. The van der Waals surface area contributed by atoms with E-state index >= 15 is 0 Å². The normalized spacial score (nSPS) is 19.8. The molecular weight excluding hydrogens is 306 g/mol. The van der Waals surface area contributed by atoms with Crippen LogP contribution in [0.25, 0.3) is 0 Å². The van der Waals surface area contributed by atoms with E-state index in [2.05, 4.69) is 19.9 Å². The van der Waals surface area contributed by atoms with E-state index in [0.29, 0.717) is 19.0 Å². The highest BCUT2D eigenvalue weighted by Crippen LogP contribution is 2.29. The first-order valence-corrected chi connectivity index (χ1v) is 8.26. The number of aryl methyl sites for hydroxylation is 2. The van der Waals surface area contributed by atoms with Crippen LogP contribution < -0.4 is 10.5 Å². The minimum atomic E-state index is 0.0372. The van der Waals surface area contributed by atoms with Crippen molar-refractivity contribution < 1.29 is 4.74 Å². The summed E-state index contributed by atoms with van der Waals surface area (Å²) in [6.45, 7) is 6.44. The molecule has 0 bridgehead atoms. The van der Waals surface area contributed by atoms with Gasteiger partial charge < -0.3 is 9.64 Å². The Bertz CT molecular complexity index is 855. The van der Waals surface area contributed by atoms with Gasteiger partial charge in [0.25, 0.3) is 5.56 Å². The van der Waals surface area contributed by atoms with Crippen LogP contribution in [-0.2, 0) is 24.9 Å². The molecule has 24 heavy (non-hydrogen) atoms. The third-order valence-electron chi connectivity index (χ3n) is 4.90. The fourth-order valence-corrected chi connectivity index (χ4v) is 3.40. The van der Waals surface area contributed by atoms with Crippen molar-refractivity contribution in [3.63, 3.8) is 0 Å². The molecule has 2 aromatic heterocycles. The smallest absolute Gasteiger partial charge is 0.258 e. The van der Waals surface area contributed by atoms with Crippen molar-refractivity contribution in [2.45, 2.75) is 39.3 Å². The van der Waals surface area contributed by atoms with Gasteiger partial charge in [-0.05, 0) is 20.3 Å². The Morgan fingerprint density at radius 3 is 2.79 bits per heavy atom. The van der Waals surface area contributed by atoms with Gasteiger partial charge in [-0.2, -0.15) is 0 Å². The molecule has 0 radical (unpaired) electrons. The zero-order chi connectivity index (χ0) is 16.8. The van der Waals surface area contributed by atoms with Crippen LogP contribution in [0.4, 0.5) is 5.82 Å². The summed E-state index contributed by atoms with van der Waals surface area (Å²) in [7, 11) is 1.76. The SMILES string of the molecule is Cc1nc([C@H]2CCOC2)cc(N2Cc3nc(C)n(C)c(=O)c3C2)n1. The van der Waals surface area contributed by atoms with Crippen LogP contribution in [-0.4, -0.2) is 32.7 Å². The van der Waals surface area contributed by atoms with E-state index in [1.165, 1.54) is 0 Å². The molecule has 0 aliphatic carbocycles. The number of nitrogens with zero attached hydrogens (tertiary/aromatic N) is 5. The monoisotopic (exact) mass is 327 g/mol. The molecule has 0 aromatic carbocycles. The van der Waals surface area contributed by atoms with Gasteiger partial charge >= 0.3 is 0 Å². The molecule has 0 N–H and O–H groups in total. The number of rotatable bonds is 2. The zero-order valence-electron chi connectivity index (χ0n) is 14.2. The number of hydrogen-bond donors (Lipinski definition) is 0. The van der Waals surface area contributed by atoms with Crippen LogP contribution in [0.5, 0.6) is 0 Å². The maximum Gasteiger partial charge on any atom is 0.258 e. The van der Waals surface area contributed by atoms with Crippen LogP contribution in [0.15, 0.2) is 10.9 Å². The first kappa shape index (κ1) is 15.3. The first-order chi connectivity index (χ1) is 11.5. The molecule has 0 amide bonds.